The molecule has 29 heavy (non-hydrogen) atoms. The SMILES string of the molecule is CCOc1ccccc1N1CC(C(=O)Nc2ccc(C(C)C(=O)O)cc2)CC1=O. The molecule has 1 aliphatic rings. The van der Waals surface area contributed by atoms with Crippen LogP contribution in [0.25, 0.3) is 0 Å². The Labute approximate surface area is 169 Å². The maximum atomic E-state index is 12.7. The summed E-state index contributed by atoms with van der Waals surface area (Å²) in [7, 11) is 0. The van der Waals surface area contributed by atoms with Crippen LogP contribution in [0.4, 0.5) is 11.4 Å². The van der Waals surface area contributed by atoms with Crippen molar-refractivity contribution in [3.8, 4) is 5.75 Å². The number of hydrogen-bond acceptors (Lipinski definition) is 4. The number of benzene rings is 2. The number of carbonyl (C=O) groups is 3. The summed E-state index contributed by atoms with van der Waals surface area (Å²) in [6.45, 7) is 4.25. The highest BCUT2D eigenvalue weighted by Crippen LogP contribution is 2.33. The molecule has 7 nitrogen and oxygen atoms in total. The van der Waals surface area contributed by atoms with Crippen LogP contribution >= 0.6 is 0 Å². The van der Waals surface area contributed by atoms with Gasteiger partial charge in [0.15, 0.2) is 0 Å². The predicted molar refractivity (Wildman–Crippen MR) is 109 cm³/mol. The molecule has 2 N–H and O–H groups in total. The molecule has 3 rings (SSSR count). The van der Waals surface area contributed by atoms with Gasteiger partial charge >= 0.3 is 5.97 Å². The summed E-state index contributed by atoms with van der Waals surface area (Å²) in [4.78, 5) is 37.8. The van der Waals surface area contributed by atoms with Gasteiger partial charge in [0.05, 0.1) is 24.1 Å². The minimum atomic E-state index is -0.904. The second kappa shape index (κ2) is 8.77. The van der Waals surface area contributed by atoms with Crippen LogP contribution in [0.1, 0.15) is 31.7 Å². The Balaban J connectivity index is 1.67. The molecule has 0 saturated carbocycles. The van der Waals surface area contributed by atoms with E-state index >= 15 is 0 Å². The summed E-state index contributed by atoms with van der Waals surface area (Å²) in [5, 5.41) is 11.9. The Morgan fingerprint density at radius 3 is 2.55 bits per heavy atom. The van der Waals surface area contributed by atoms with Crippen molar-refractivity contribution in [2.24, 2.45) is 5.92 Å². The number of carboxylic acids is 1. The standard InChI is InChI=1S/C22H24N2O5/c1-3-29-19-7-5-4-6-18(19)24-13-16(12-20(24)25)21(26)23-17-10-8-15(9-11-17)14(2)22(27)28/h4-11,14,16H,3,12-13H2,1-2H3,(H,23,26)(H,27,28). The molecule has 2 aromatic carbocycles. The van der Waals surface area contributed by atoms with Gasteiger partial charge in [0.2, 0.25) is 11.8 Å². The molecule has 1 fully saturated rings. The lowest BCUT2D eigenvalue weighted by Crippen LogP contribution is -2.28. The predicted octanol–water partition coefficient (Wildman–Crippen LogP) is 3.27. The first-order chi connectivity index (χ1) is 13.9. The van der Waals surface area contributed by atoms with Gasteiger partial charge < -0.3 is 20.1 Å². The molecule has 2 amide bonds. The van der Waals surface area contributed by atoms with Crippen LogP contribution in [0.15, 0.2) is 48.5 Å². The van der Waals surface area contributed by atoms with E-state index in [0.717, 1.165) is 0 Å². The number of carbonyl (C=O) groups excluding carboxylic acids is 2. The lowest BCUT2D eigenvalue weighted by molar-refractivity contribution is -0.138. The zero-order valence-corrected chi connectivity index (χ0v) is 16.4. The van der Waals surface area contributed by atoms with Gasteiger partial charge in [-0.3, -0.25) is 14.4 Å². The number of hydrogen-bond donors (Lipinski definition) is 2. The Morgan fingerprint density at radius 2 is 1.90 bits per heavy atom. The van der Waals surface area contributed by atoms with Gasteiger partial charge in [-0.2, -0.15) is 0 Å². The third-order valence-corrected chi connectivity index (χ3v) is 5.00. The second-order valence-electron chi connectivity index (χ2n) is 6.98. The largest absolute Gasteiger partial charge is 0.492 e. The Kier molecular flexibility index (Phi) is 6.16. The van der Waals surface area contributed by atoms with E-state index in [9.17, 15) is 14.4 Å². The number of nitrogens with one attached hydrogen (secondary N) is 1. The molecule has 0 bridgehead atoms. The average molecular weight is 396 g/mol. The van der Waals surface area contributed by atoms with Crippen LogP contribution in [0.3, 0.4) is 0 Å². The Hall–Kier alpha value is -3.35. The van der Waals surface area contributed by atoms with Crippen molar-refractivity contribution in [1.82, 2.24) is 0 Å². The molecule has 1 aliphatic heterocycles. The smallest absolute Gasteiger partial charge is 0.310 e. The van der Waals surface area contributed by atoms with E-state index in [1.807, 2.05) is 25.1 Å². The fraction of sp³-hybridized carbons (Fsp3) is 0.318. The maximum Gasteiger partial charge on any atom is 0.310 e. The van der Waals surface area contributed by atoms with Crippen molar-refractivity contribution >= 4 is 29.2 Å². The van der Waals surface area contributed by atoms with Crippen molar-refractivity contribution in [3.05, 3.63) is 54.1 Å². The normalized spacial score (nSPS) is 17.1. The zero-order chi connectivity index (χ0) is 21.0. The van der Waals surface area contributed by atoms with Gasteiger partial charge in [0, 0.05) is 18.7 Å². The number of anilines is 2. The van der Waals surface area contributed by atoms with Gasteiger partial charge in [-0.1, -0.05) is 24.3 Å². The topological polar surface area (TPSA) is 95.9 Å². The van der Waals surface area contributed by atoms with Crippen molar-refractivity contribution in [1.29, 1.82) is 0 Å². The lowest BCUT2D eigenvalue weighted by Gasteiger charge is -2.20. The molecule has 1 heterocycles. The van der Waals surface area contributed by atoms with E-state index in [1.54, 1.807) is 42.2 Å². The van der Waals surface area contributed by atoms with E-state index in [4.69, 9.17) is 9.84 Å². The number of aliphatic carboxylic acids is 1. The minimum absolute atomic E-state index is 0.122. The fourth-order valence-electron chi connectivity index (χ4n) is 3.32. The molecule has 0 aliphatic carbocycles. The number of carboxylic acid groups (broad SMARTS) is 1. The molecule has 7 heteroatoms. The number of rotatable bonds is 7. The minimum Gasteiger partial charge on any atom is -0.492 e. The highest BCUT2D eigenvalue weighted by Gasteiger charge is 2.36. The van der Waals surface area contributed by atoms with Gasteiger partial charge in [-0.25, -0.2) is 0 Å². The fourth-order valence-corrected chi connectivity index (χ4v) is 3.32. The zero-order valence-electron chi connectivity index (χ0n) is 16.4. The molecule has 0 spiro atoms. The Bertz CT molecular complexity index is 910. The number of para-hydroxylation sites is 2. The van der Waals surface area contributed by atoms with Gasteiger partial charge in [-0.05, 0) is 43.7 Å². The van der Waals surface area contributed by atoms with E-state index in [-0.39, 0.29) is 24.8 Å². The quantitative estimate of drug-likeness (QED) is 0.749. The van der Waals surface area contributed by atoms with Crippen LogP contribution in [-0.4, -0.2) is 36.0 Å². The average Bonchev–Trinajstić information content (AvgIpc) is 3.10. The molecule has 1 saturated heterocycles. The van der Waals surface area contributed by atoms with Crippen LogP contribution in [0.5, 0.6) is 5.75 Å². The molecular formula is C22H24N2O5. The summed E-state index contributed by atoms with van der Waals surface area (Å²) in [6, 6.07) is 14.0. The molecular weight excluding hydrogens is 372 g/mol. The third kappa shape index (κ3) is 4.56. The molecule has 2 unspecified atom stereocenters. The van der Waals surface area contributed by atoms with Crippen molar-refractivity contribution in [2.45, 2.75) is 26.2 Å². The van der Waals surface area contributed by atoms with Crippen LogP contribution in [-0.2, 0) is 14.4 Å². The summed E-state index contributed by atoms with van der Waals surface area (Å²) in [5.74, 6) is -1.75. The summed E-state index contributed by atoms with van der Waals surface area (Å²) in [6.07, 6.45) is 0.125. The maximum absolute atomic E-state index is 12.7. The van der Waals surface area contributed by atoms with E-state index < -0.39 is 17.8 Å². The molecule has 152 valence electrons. The second-order valence-corrected chi connectivity index (χ2v) is 6.98. The number of ether oxygens (including phenoxy) is 1. The monoisotopic (exact) mass is 396 g/mol. The van der Waals surface area contributed by atoms with E-state index in [1.165, 1.54) is 0 Å². The first kappa shape index (κ1) is 20.4. The molecule has 0 radical (unpaired) electrons. The van der Waals surface area contributed by atoms with E-state index in [0.29, 0.717) is 29.3 Å². The van der Waals surface area contributed by atoms with Crippen molar-refractivity contribution in [2.75, 3.05) is 23.4 Å². The van der Waals surface area contributed by atoms with Gasteiger partial charge in [-0.15, -0.1) is 0 Å². The highest BCUT2D eigenvalue weighted by molar-refractivity contribution is 6.04. The first-order valence-corrected chi connectivity index (χ1v) is 9.56. The summed E-state index contributed by atoms with van der Waals surface area (Å²) < 4.78 is 5.60. The van der Waals surface area contributed by atoms with Crippen molar-refractivity contribution < 1.29 is 24.2 Å². The summed E-state index contributed by atoms with van der Waals surface area (Å²) in [5.41, 5.74) is 1.89. The Morgan fingerprint density at radius 1 is 1.21 bits per heavy atom. The number of amides is 2. The number of nitrogens with zero attached hydrogens (tertiary/aromatic N) is 1. The van der Waals surface area contributed by atoms with E-state index in [2.05, 4.69) is 5.32 Å². The lowest BCUT2D eigenvalue weighted by atomic mass is 10.0. The molecule has 2 atom stereocenters. The van der Waals surface area contributed by atoms with Crippen molar-refractivity contribution in [3.63, 3.8) is 0 Å². The van der Waals surface area contributed by atoms with Crippen LogP contribution in [0.2, 0.25) is 0 Å². The third-order valence-electron chi connectivity index (χ3n) is 5.00. The summed E-state index contributed by atoms with van der Waals surface area (Å²) >= 11 is 0. The van der Waals surface area contributed by atoms with Gasteiger partial charge in [0.1, 0.15) is 5.75 Å². The highest BCUT2D eigenvalue weighted by atomic mass is 16.5. The van der Waals surface area contributed by atoms with Crippen LogP contribution < -0.4 is 15.0 Å². The van der Waals surface area contributed by atoms with Gasteiger partial charge in [0.25, 0.3) is 0 Å². The molecule has 0 aromatic heterocycles. The first-order valence-electron chi connectivity index (χ1n) is 9.56. The van der Waals surface area contributed by atoms with Crippen LogP contribution in [0, 0.1) is 5.92 Å². The molecule has 2 aromatic rings.